The molecule has 12 heteroatoms. The Hall–Kier alpha value is -4.48. The quantitative estimate of drug-likeness (QED) is 0.285. The van der Waals surface area contributed by atoms with Gasteiger partial charge in [-0.05, 0) is 31.2 Å². The molecule has 0 aromatic carbocycles. The lowest BCUT2D eigenvalue weighted by Crippen LogP contribution is -2.23. The SMILES string of the molecule is C=C(/C=C(\C)NC(=O)c1cncc(C(F)(F)F)c1)C(=O)Nc1cnc2[nH]c(C(=O)OC)cc2c1. The summed E-state index contributed by atoms with van der Waals surface area (Å²) in [7, 11) is 1.24. The van der Waals surface area contributed by atoms with E-state index in [0.717, 1.165) is 6.20 Å². The molecular weight excluding hydrogens is 455 g/mol. The highest BCUT2D eigenvalue weighted by Gasteiger charge is 2.31. The molecule has 0 spiro atoms. The van der Waals surface area contributed by atoms with Crippen molar-refractivity contribution in [3.05, 3.63) is 77.5 Å². The summed E-state index contributed by atoms with van der Waals surface area (Å²) in [5.74, 6) is -2.01. The summed E-state index contributed by atoms with van der Waals surface area (Å²) in [5.41, 5.74) is -0.289. The summed E-state index contributed by atoms with van der Waals surface area (Å²) in [5, 5.41) is 5.51. The standard InChI is InChI=1S/C22H18F3N5O4/c1-11(4-12(2)28-20(32)14-5-15(9-26-8-14)22(23,24)25)19(31)29-16-6-13-7-17(21(33)34-3)30-18(13)27-10-16/h4-10H,1H2,2-3H3,(H,27,30)(H,28,32)(H,29,31)/b12-4+. The molecule has 9 nitrogen and oxygen atoms in total. The molecule has 0 aliphatic rings. The minimum atomic E-state index is -4.64. The number of pyridine rings is 2. The number of aromatic nitrogens is 3. The van der Waals surface area contributed by atoms with Gasteiger partial charge in [0.05, 0.1) is 30.1 Å². The van der Waals surface area contributed by atoms with E-state index in [2.05, 4.69) is 36.9 Å². The molecule has 2 amide bonds. The lowest BCUT2D eigenvalue weighted by atomic mass is 10.2. The smallest absolute Gasteiger partial charge is 0.417 e. The van der Waals surface area contributed by atoms with Gasteiger partial charge in [0, 0.05) is 29.1 Å². The Kier molecular flexibility index (Phi) is 6.80. The molecule has 0 saturated carbocycles. The average molecular weight is 473 g/mol. The molecule has 0 fully saturated rings. The molecule has 176 valence electrons. The first-order valence-electron chi connectivity index (χ1n) is 9.57. The number of rotatable bonds is 6. The minimum absolute atomic E-state index is 0.0376. The van der Waals surface area contributed by atoms with Crippen LogP contribution in [0.4, 0.5) is 18.9 Å². The Morgan fingerprint density at radius 2 is 1.88 bits per heavy atom. The van der Waals surface area contributed by atoms with E-state index in [-0.39, 0.29) is 22.5 Å². The number of amides is 2. The molecule has 0 aliphatic carbocycles. The molecule has 3 aromatic heterocycles. The van der Waals surface area contributed by atoms with Gasteiger partial charge in [0.15, 0.2) is 0 Å². The minimum Gasteiger partial charge on any atom is -0.464 e. The number of carbonyl (C=O) groups is 3. The number of ether oxygens (including phenoxy) is 1. The Morgan fingerprint density at radius 1 is 1.15 bits per heavy atom. The number of methoxy groups -OCH3 is 1. The number of hydrogen-bond donors (Lipinski definition) is 3. The van der Waals surface area contributed by atoms with Gasteiger partial charge in [0.25, 0.3) is 11.8 Å². The number of aromatic amines is 1. The summed E-state index contributed by atoms with van der Waals surface area (Å²) in [6, 6.07) is 3.77. The normalized spacial score (nSPS) is 11.7. The van der Waals surface area contributed by atoms with Crippen molar-refractivity contribution in [1.29, 1.82) is 0 Å². The number of carbonyl (C=O) groups excluding carboxylic acids is 3. The monoisotopic (exact) mass is 473 g/mol. The second-order valence-corrected chi connectivity index (χ2v) is 7.06. The summed E-state index contributed by atoms with van der Waals surface area (Å²) >= 11 is 0. The van der Waals surface area contributed by atoms with Crippen LogP contribution in [0.5, 0.6) is 0 Å². The first-order valence-corrected chi connectivity index (χ1v) is 9.57. The number of H-pyrrole nitrogens is 1. The van der Waals surface area contributed by atoms with E-state index in [1.165, 1.54) is 32.4 Å². The third-order valence-corrected chi connectivity index (χ3v) is 4.45. The number of nitrogens with zero attached hydrogens (tertiary/aromatic N) is 2. The zero-order valence-electron chi connectivity index (χ0n) is 17.9. The third kappa shape index (κ3) is 5.65. The van der Waals surface area contributed by atoms with Gasteiger partial charge in [-0.25, -0.2) is 9.78 Å². The van der Waals surface area contributed by atoms with Crippen molar-refractivity contribution in [3.8, 4) is 0 Å². The number of halogens is 3. The third-order valence-electron chi connectivity index (χ3n) is 4.45. The van der Waals surface area contributed by atoms with Crippen LogP contribution in [0.1, 0.15) is 33.3 Å². The predicted octanol–water partition coefficient (Wildman–Crippen LogP) is 3.59. The van der Waals surface area contributed by atoms with E-state index in [1.54, 1.807) is 6.07 Å². The number of allylic oxidation sites excluding steroid dienone is 1. The van der Waals surface area contributed by atoms with E-state index in [4.69, 9.17) is 0 Å². The molecule has 0 radical (unpaired) electrons. The molecule has 0 bridgehead atoms. The molecule has 0 aliphatic heterocycles. The topological polar surface area (TPSA) is 126 Å². The van der Waals surface area contributed by atoms with Crippen LogP contribution in [0.25, 0.3) is 11.0 Å². The van der Waals surface area contributed by atoms with Gasteiger partial charge < -0.3 is 20.4 Å². The first-order chi connectivity index (χ1) is 16.0. The van der Waals surface area contributed by atoms with Crippen LogP contribution < -0.4 is 10.6 Å². The number of nitrogens with one attached hydrogen (secondary N) is 3. The van der Waals surface area contributed by atoms with E-state index >= 15 is 0 Å². The Bertz CT molecular complexity index is 1330. The molecule has 0 unspecified atom stereocenters. The Morgan fingerprint density at radius 3 is 2.56 bits per heavy atom. The molecule has 3 heterocycles. The fraction of sp³-hybridized carbons (Fsp3) is 0.136. The summed E-state index contributed by atoms with van der Waals surface area (Å²) < 4.78 is 43.1. The van der Waals surface area contributed by atoms with Crippen molar-refractivity contribution < 1.29 is 32.3 Å². The van der Waals surface area contributed by atoms with Crippen LogP contribution in [0, 0.1) is 0 Å². The van der Waals surface area contributed by atoms with E-state index in [1.807, 2.05) is 0 Å². The van der Waals surface area contributed by atoms with Gasteiger partial charge in [-0.3, -0.25) is 14.6 Å². The van der Waals surface area contributed by atoms with Crippen molar-refractivity contribution in [1.82, 2.24) is 20.3 Å². The second kappa shape index (κ2) is 9.57. The highest BCUT2D eigenvalue weighted by Crippen LogP contribution is 2.29. The van der Waals surface area contributed by atoms with Gasteiger partial charge in [0.1, 0.15) is 11.3 Å². The number of hydrogen-bond acceptors (Lipinski definition) is 6. The number of anilines is 1. The van der Waals surface area contributed by atoms with Gasteiger partial charge >= 0.3 is 12.1 Å². The van der Waals surface area contributed by atoms with Crippen molar-refractivity contribution in [3.63, 3.8) is 0 Å². The predicted molar refractivity (Wildman–Crippen MR) is 116 cm³/mol. The van der Waals surface area contributed by atoms with Crippen LogP contribution in [0.15, 0.2) is 60.7 Å². The van der Waals surface area contributed by atoms with Crippen molar-refractivity contribution in [2.24, 2.45) is 0 Å². The molecule has 3 aromatic rings. The second-order valence-electron chi connectivity index (χ2n) is 7.06. The summed E-state index contributed by atoms with van der Waals surface area (Å²) in [6.07, 6.45) is -0.410. The number of alkyl halides is 3. The Balaban J connectivity index is 1.66. The lowest BCUT2D eigenvalue weighted by Gasteiger charge is -2.10. The van der Waals surface area contributed by atoms with Crippen molar-refractivity contribution >= 4 is 34.5 Å². The van der Waals surface area contributed by atoms with E-state index < -0.39 is 29.5 Å². The van der Waals surface area contributed by atoms with Gasteiger partial charge in [0.2, 0.25) is 0 Å². The highest BCUT2D eigenvalue weighted by atomic mass is 19.4. The molecule has 34 heavy (non-hydrogen) atoms. The van der Waals surface area contributed by atoms with Gasteiger partial charge in [-0.2, -0.15) is 13.2 Å². The van der Waals surface area contributed by atoms with Crippen LogP contribution in [0.2, 0.25) is 0 Å². The fourth-order valence-electron chi connectivity index (χ4n) is 2.85. The molecule has 3 rings (SSSR count). The highest BCUT2D eigenvalue weighted by molar-refractivity contribution is 6.06. The van der Waals surface area contributed by atoms with Crippen LogP contribution in [-0.2, 0) is 15.7 Å². The maximum Gasteiger partial charge on any atom is 0.417 e. The largest absolute Gasteiger partial charge is 0.464 e. The zero-order valence-corrected chi connectivity index (χ0v) is 17.9. The fourth-order valence-corrected chi connectivity index (χ4v) is 2.85. The first kappa shape index (κ1) is 24.2. The van der Waals surface area contributed by atoms with Crippen molar-refractivity contribution in [2.45, 2.75) is 13.1 Å². The van der Waals surface area contributed by atoms with Gasteiger partial charge in [-0.1, -0.05) is 6.58 Å². The molecule has 0 saturated heterocycles. The van der Waals surface area contributed by atoms with E-state index in [0.29, 0.717) is 29.0 Å². The van der Waals surface area contributed by atoms with E-state index in [9.17, 15) is 27.6 Å². The maximum atomic E-state index is 12.8. The lowest BCUT2D eigenvalue weighted by molar-refractivity contribution is -0.137. The summed E-state index contributed by atoms with van der Waals surface area (Å²) in [6.45, 7) is 5.07. The summed E-state index contributed by atoms with van der Waals surface area (Å²) in [4.78, 5) is 46.6. The zero-order chi connectivity index (χ0) is 25.0. The Labute approximate surface area is 190 Å². The average Bonchev–Trinajstić information content (AvgIpc) is 3.21. The van der Waals surface area contributed by atoms with Crippen molar-refractivity contribution in [2.75, 3.05) is 12.4 Å². The number of fused-ring (bicyclic) bond motifs is 1. The van der Waals surface area contributed by atoms with Crippen LogP contribution in [0.3, 0.4) is 0 Å². The molecule has 3 N–H and O–H groups in total. The maximum absolute atomic E-state index is 12.8. The molecule has 0 atom stereocenters. The van der Waals surface area contributed by atoms with Gasteiger partial charge in [-0.15, -0.1) is 0 Å². The number of esters is 1. The van der Waals surface area contributed by atoms with Crippen LogP contribution >= 0.6 is 0 Å². The van der Waals surface area contributed by atoms with Crippen LogP contribution in [-0.4, -0.2) is 39.8 Å². The molecular formula is C22H18F3N5O4.